The molecule has 4 heteroatoms. The van der Waals surface area contributed by atoms with Crippen molar-refractivity contribution in [3.8, 4) is 11.5 Å². The smallest absolute Gasteiger partial charge is 0.161 e. The van der Waals surface area contributed by atoms with E-state index >= 15 is 0 Å². The van der Waals surface area contributed by atoms with Crippen LogP contribution in [0.2, 0.25) is 0 Å². The van der Waals surface area contributed by atoms with Crippen molar-refractivity contribution in [2.45, 2.75) is 18.9 Å². The van der Waals surface area contributed by atoms with E-state index in [1.165, 1.54) is 12.8 Å². The fourth-order valence-corrected chi connectivity index (χ4v) is 2.04. The molecule has 2 rings (SSSR count). The van der Waals surface area contributed by atoms with Gasteiger partial charge in [0.25, 0.3) is 0 Å². The number of hydrogen-bond acceptors (Lipinski definition) is 4. The summed E-state index contributed by atoms with van der Waals surface area (Å²) in [6.45, 7) is 3.27. The van der Waals surface area contributed by atoms with Gasteiger partial charge in [0.2, 0.25) is 0 Å². The van der Waals surface area contributed by atoms with Crippen LogP contribution in [-0.2, 0) is 4.74 Å². The second kappa shape index (κ2) is 7.24. The molecule has 0 unspecified atom stereocenters. The summed E-state index contributed by atoms with van der Waals surface area (Å²) in [4.78, 5) is 0. The number of rotatable bonds is 7. The Kier molecular flexibility index (Phi) is 5.30. The maximum atomic E-state index is 5.66. The zero-order valence-corrected chi connectivity index (χ0v) is 10.9. The first-order valence-corrected chi connectivity index (χ1v) is 6.48. The van der Waals surface area contributed by atoms with E-state index in [0.29, 0.717) is 12.7 Å². The summed E-state index contributed by atoms with van der Waals surface area (Å²) >= 11 is 0. The molecule has 1 atom stereocenters. The Labute approximate surface area is 108 Å². The Morgan fingerprint density at radius 1 is 1.33 bits per heavy atom. The van der Waals surface area contributed by atoms with Gasteiger partial charge in [-0.25, -0.2) is 0 Å². The summed E-state index contributed by atoms with van der Waals surface area (Å²) in [6.07, 6.45) is 2.74. The maximum Gasteiger partial charge on any atom is 0.161 e. The Bertz CT molecular complexity index is 351. The topological polar surface area (TPSA) is 39.7 Å². The minimum Gasteiger partial charge on any atom is -0.493 e. The Morgan fingerprint density at radius 2 is 2.17 bits per heavy atom. The molecule has 1 saturated heterocycles. The molecular weight excluding hydrogens is 230 g/mol. The summed E-state index contributed by atoms with van der Waals surface area (Å²) in [5.74, 6) is 1.57. The molecule has 0 aromatic heterocycles. The molecule has 1 fully saturated rings. The van der Waals surface area contributed by atoms with E-state index in [1.54, 1.807) is 7.11 Å². The van der Waals surface area contributed by atoms with Gasteiger partial charge in [0.15, 0.2) is 11.5 Å². The third-order valence-corrected chi connectivity index (χ3v) is 3.00. The molecule has 0 bridgehead atoms. The van der Waals surface area contributed by atoms with E-state index < -0.39 is 0 Å². The lowest BCUT2D eigenvalue weighted by Gasteiger charge is -2.12. The van der Waals surface area contributed by atoms with Crippen LogP contribution in [0.5, 0.6) is 11.5 Å². The van der Waals surface area contributed by atoms with E-state index in [9.17, 15) is 0 Å². The van der Waals surface area contributed by atoms with Crippen molar-refractivity contribution in [3.05, 3.63) is 24.3 Å². The van der Waals surface area contributed by atoms with E-state index in [1.807, 2.05) is 24.3 Å². The van der Waals surface area contributed by atoms with Crippen LogP contribution in [0.15, 0.2) is 24.3 Å². The molecule has 1 aliphatic heterocycles. The molecule has 100 valence electrons. The van der Waals surface area contributed by atoms with Crippen molar-refractivity contribution in [3.63, 3.8) is 0 Å². The maximum absolute atomic E-state index is 5.66. The molecule has 1 aromatic rings. The summed E-state index contributed by atoms with van der Waals surface area (Å²) in [5, 5.41) is 3.34. The number of ether oxygens (including phenoxy) is 3. The molecule has 1 aromatic carbocycles. The fourth-order valence-electron chi connectivity index (χ4n) is 2.04. The SMILES string of the molecule is COc1ccccc1OCCNC[C@H]1CCCO1. The van der Waals surface area contributed by atoms with Crippen LogP contribution in [0.4, 0.5) is 0 Å². The first kappa shape index (κ1) is 13.2. The standard InChI is InChI=1S/C14H21NO3/c1-16-13-6-2-3-7-14(13)18-10-8-15-11-12-5-4-9-17-12/h2-3,6-7,12,15H,4-5,8-11H2,1H3/t12-/m1/s1. The van der Waals surface area contributed by atoms with Crippen molar-refractivity contribution < 1.29 is 14.2 Å². The highest BCUT2D eigenvalue weighted by Crippen LogP contribution is 2.25. The monoisotopic (exact) mass is 251 g/mol. The van der Waals surface area contributed by atoms with Gasteiger partial charge >= 0.3 is 0 Å². The fraction of sp³-hybridized carbons (Fsp3) is 0.571. The molecule has 4 nitrogen and oxygen atoms in total. The minimum absolute atomic E-state index is 0.385. The van der Waals surface area contributed by atoms with Crippen LogP contribution in [0.3, 0.4) is 0 Å². The van der Waals surface area contributed by atoms with E-state index in [4.69, 9.17) is 14.2 Å². The predicted octanol–water partition coefficient (Wildman–Crippen LogP) is 1.84. The number of methoxy groups -OCH3 is 1. The quantitative estimate of drug-likeness (QED) is 0.751. The van der Waals surface area contributed by atoms with E-state index in [-0.39, 0.29) is 0 Å². The predicted molar refractivity (Wildman–Crippen MR) is 70.3 cm³/mol. The molecule has 1 heterocycles. The van der Waals surface area contributed by atoms with E-state index in [0.717, 1.165) is 31.2 Å². The second-order valence-corrected chi connectivity index (χ2v) is 4.34. The largest absolute Gasteiger partial charge is 0.493 e. The molecular formula is C14H21NO3. The summed E-state index contributed by atoms with van der Waals surface area (Å²) in [7, 11) is 1.65. The van der Waals surface area contributed by atoms with Crippen molar-refractivity contribution in [2.24, 2.45) is 0 Å². The molecule has 1 N–H and O–H groups in total. The highest BCUT2D eigenvalue weighted by Gasteiger charge is 2.14. The van der Waals surface area contributed by atoms with Crippen LogP contribution < -0.4 is 14.8 Å². The highest BCUT2D eigenvalue weighted by atomic mass is 16.5. The molecule has 0 amide bonds. The number of nitrogens with one attached hydrogen (secondary N) is 1. The second-order valence-electron chi connectivity index (χ2n) is 4.34. The lowest BCUT2D eigenvalue weighted by atomic mass is 10.2. The number of hydrogen-bond donors (Lipinski definition) is 1. The van der Waals surface area contributed by atoms with Gasteiger partial charge in [-0.2, -0.15) is 0 Å². The van der Waals surface area contributed by atoms with Crippen molar-refractivity contribution in [1.82, 2.24) is 5.32 Å². The first-order valence-electron chi connectivity index (χ1n) is 6.48. The number of benzene rings is 1. The Balaban J connectivity index is 1.62. The van der Waals surface area contributed by atoms with Crippen molar-refractivity contribution in [1.29, 1.82) is 0 Å². The molecule has 0 radical (unpaired) electrons. The van der Waals surface area contributed by atoms with Gasteiger partial charge in [0, 0.05) is 19.7 Å². The Morgan fingerprint density at radius 3 is 2.89 bits per heavy atom. The van der Waals surface area contributed by atoms with Gasteiger partial charge in [-0.1, -0.05) is 12.1 Å². The van der Waals surface area contributed by atoms with Gasteiger partial charge in [0.05, 0.1) is 13.2 Å². The van der Waals surface area contributed by atoms with Crippen molar-refractivity contribution >= 4 is 0 Å². The van der Waals surface area contributed by atoms with Gasteiger partial charge < -0.3 is 19.5 Å². The molecule has 1 aliphatic rings. The lowest BCUT2D eigenvalue weighted by Crippen LogP contribution is -2.29. The summed E-state index contributed by atoms with van der Waals surface area (Å²) < 4.78 is 16.4. The first-order chi connectivity index (χ1) is 8.90. The third kappa shape index (κ3) is 3.89. The molecule has 18 heavy (non-hydrogen) atoms. The average molecular weight is 251 g/mol. The normalized spacial score (nSPS) is 18.8. The van der Waals surface area contributed by atoms with Crippen LogP contribution in [-0.4, -0.2) is 39.5 Å². The average Bonchev–Trinajstić information content (AvgIpc) is 2.92. The lowest BCUT2D eigenvalue weighted by molar-refractivity contribution is 0.109. The molecule has 0 saturated carbocycles. The van der Waals surface area contributed by atoms with Gasteiger partial charge in [-0.3, -0.25) is 0 Å². The zero-order valence-electron chi connectivity index (χ0n) is 10.9. The minimum atomic E-state index is 0.385. The number of para-hydroxylation sites is 2. The summed E-state index contributed by atoms with van der Waals surface area (Å²) in [5.41, 5.74) is 0. The zero-order chi connectivity index (χ0) is 12.6. The van der Waals surface area contributed by atoms with Crippen LogP contribution in [0.25, 0.3) is 0 Å². The van der Waals surface area contributed by atoms with Gasteiger partial charge in [-0.15, -0.1) is 0 Å². The molecule has 0 spiro atoms. The van der Waals surface area contributed by atoms with Crippen molar-refractivity contribution in [2.75, 3.05) is 33.4 Å². The summed E-state index contributed by atoms with van der Waals surface area (Å²) in [6, 6.07) is 7.69. The third-order valence-electron chi connectivity index (χ3n) is 3.00. The Hall–Kier alpha value is -1.26. The van der Waals surface area contributed by atoms with E-state index in [2.05, 4.69) is 5.32 Å². The highest BCUT2D eigenvalue weighted by molar-refractivity contribution is 5.39. The van der Waals surface area contributed by atoms with Crippen LogP contribution in [0.1, 0.15) is 12.8 Å². The van der Waals surface area contributed by atoms with Gasteiger partial charge in [-0.05, 0) is 25.0 Å². The van der Waals surface area contributed by atoms with Crippen LogP contribution >= 0.6 is 0 Å². The molecule has 0 aliphatic carbocycles. The van der Waals surface area contributed by atoms with Crippen LogP contribution in [0, 0.1) is 0 Å². The van der Waals surface area contributed by atoms with Gasteiger partial charge in [0.1, 0.15) is 6.61 Å².